The Balaban J connectivity index is 3.11. The predicted molar refractivity (Wildman–Crippen MR) is 53.0 cm³/mol. The number of ether oxygens (including phenoxy) is 1. The maximum Gasteiger partial charge on any atom is 0.314 e. The second kappa shape index (κ2) is 5.04. The summed E-state index contributed by atoms with van der Waals surface area (Å²) >= 11 is 5.64. The molecule has 2 N–H and O–H groups in total. The van der Waals surface area contributed by atoms with Gasteiger partial charge in [0.15, 0.2) is 0 Å². The number of esters is 1. The van der Waals surface area contributed by atoms with Crippen molar-refractivity contribution in [1.29, 1.82) is 0 Å². The Morgan fingerprint density at radius 3 is 3.00 bits per heavy atom. The van der Waals surface area contributed by atoms with Gasteiger partial charge >= 0.3 is 5.97 Å². The molecule has 0 spiro atoms. The quantitative estimate of drug-likeness (QED) is 0.626. The molecule has 0 aliphatic carbocycles. The lowest BCUT2D eigenvalue weighted by molar-refractivity contribution is -0.142. The average Bonchev–Trinajstić information content (AvgIpc) is 2.23. The highest BCUT2D eigenvalue weighted by molar-refractivity contribution is 6.30. The minimum Gasteiger partial charge on any atom is -0.469 e. The summed E-state index contributed by atoms with van der Waals surface area (Å²) in [5.74, 6) is -2.25. The summed E-state index contributed by atoms with van der Waals surface area (Å²) in [6.45, 7) is -0.0639. The van der Waals surface area contributed by atoms with Crippen LogP contribution in [0.2, 0.25) is 5.02 Å². The van der Waals surface area contributed by atoms with Gasteiger partial charge in [-0.1, -0.05) is 11.6 Å². The molecule has 0 aliphatic heterocycles. The second-order valence-corrected chi connectivity index (χ2v) is 3.28. The topological polar surface area (TPSA) is 65.2 Å². The number of nitrogens with two attached hydrogens (primary N) is 1. The van der Waals surface area contributed by atoms with Gasteiger partial charge in [-0.05, 0) is 6.07 Å². The Labute approximate surface area is 91.2 Å². The van der Waals surface area contributed by atoms with Crippen molar-refractivity contribution in [2.45, 2.75) is 5.92 Å². The van der Waals surface area contributed by atoms with Gasteiger partial charge in [-0.2, -0.15) is 4.39 Å². The predicted octanol–water partition coefficient (Wildman–Crippen LogP) is 1.09. The first-order valence-corrected chi connectivity index (χ1v) is 4.56. The van der Waals surface area contributed by atoms with E-state index in [1.165, 1.54) is 13.2 Å². The standard InChI is InChI=1S/C9H10ClFN2O2/c1-15-9(14)7(3-12)6-2-5(10)4-13-8(6)11/h2,4,7H,3,12H2,1H3. The van der Waals surface area contributed by atoms with E-state index in [1.807, 2.05) is 0 Å². The van der Waals surface area contributed by atoms with Gasteiger partial charge in [-0.15, -0.1) is 0 Å². The number of carbonyl (C=O) groups excluding carboxylic acids is 1. The van der Waals surface area contributed by atoms with Crippen LogP contribution in [-0.2, 0) is 9.53 Å². The van der Waals surface area contributed by atoms with Gasteiger partial charge in [0, 0.05) is 18.3 Å². The van der Waals surface area contributed by atoms with E-state index in [0.717, 1.165) is 6.20 Å². The normalized spacial score (nSPS) is 12.3. The fourth-order valence-electron chi connectivity index (χ4n) is 1.18. The van der Waals surface area contributed by atoms with Crippen LogP contribution in [0.4, 0.5) is 4.39 Å². The highest BCUT2D eigenvalue weighted by Crippen LogP contribution is 2.21. The maximum absolute atomic E-state index is 13.3. The molecule has 0 bridgehead atoms. The molecule has 0 aliphatic rings. The second-order valence-electron chi connectivity index (χ2n) is 2.85. The Bertz CT molecular complexity index is 373. The first-order chi connectivity index (χ1) is 7.10. The Kier molecular flexibility index (Phi) is 3.99. The van der Waals surface area contributed by atoms with Crippen molar-refractivity contribution in [3.05, 3.63) is 28.8 Å². The number of nitrogens with zero attached hydrogens (tertiary/aromatic N) is 1. The highest BCUT2D eigenvalue weighted by Gasteiger charge is 2.24. The van der Waals surface area contributed by atoms with Gasteiger partial charge in [0.05, 0.1) is 18.1 Å². The van der Waals surface area contributed by atoms with Crippen LogP contribution in [0.5, 0.6) is 0 Å². The van der Waals surface area contributed by atoms with Gasteiger partial charge in [-0.25, -0.2) is 4.98 Å². The number of halogens is 2. The number of aromatic nitrogens is 1. The van der Waals surface area contributed by atoms with Crippen LogP contribution < -0.4 is 5.73 Å². The van der Waals surface area contributed by atoms with Crippen LogP contribution in [0.15, 0.2) is 12.3 Å². The maximum atomic E-state index is 13.3. The summed E-state index contributed by atoms with van der Waals surface area (Å²) in [6, 6.07) is 1.32. The van der Waals surface area contributed by atoms with Crippen LogP contribution in [0, 0.1) is 5.95 Å². The molecular formula is C9H10ClFN2O2. The Morgan fingerprint density at radius 1 is 1.80 bits per heavy atom. The van der Waals surface area contributed by atoms with Crippen LogP contribution in [0.25, 0.3) is 0 Å². The first kappa shape index (κ1) is 11.9. The Morgan fingerprint density at radius 2 is 2.47 bits per heavy atom. The van der Waals surface area contributed by atoms with Gasteiger partial charge in [-0.3, -0.25) is 4.79 Å². The van der Waals surface area contributed by atoms with E-state index in [2.05, 4.69) is 9.72 Å². The average molecular weight is 233 g/mol. The van der Waals surface area contributed by atoms with Gasteiger partial charge in [0.25, 0.3) is 0 Å². The summed E-state index contributed by atoms with van der Waals surface area (Å²) in [5, 5.41) is 0.244. The number of hydrogen-bond acceptors (Lipinski definition) is 4. The van der Waals surface area contributed by atoms with Crippen LogP contribution in [0.1, 0.15) is 11.5 Å². The molecule has 6 heteroatoms. The van der Waals surface area contributed by atoms with Crippen molar-refractivity contribution < 1.29 is 13.9 Å². The van der Waals surface area contributed by atoms with E-state index in [-0.39, 0.29) is 17.1 Å². The first-order valence-electron chi connectivity index (χ1n) is 4.19. The van der Waals surface area contributed by atoms with Gasteiger partial charge in [0.2, 0.25) is 5.95 Å². The van der Waals surface area contributed by atoms with Crippen molar-refractivity contribution in [2.24, 2.45) is 5.73 Å². The molecule has 15 heavy (non-hydrogen) atoms. The zero-order valence-electron chi connectivity index (χ0n) is 8.04. The van der Waals surface area contributed by atoms with Gasteiger partial charge < -0.3 is 10.5 Å². The number of pyridine rings is 1. The molecule has 1 atom stereocenters. The molecule has 1 aromatic heterocycles. The number of rotatable bonds is 3. The number of hydrogen-bond donors (Lipinski definition) is 1. The van der Waals surface area contributed by atoms with Crippen molar-refractivity contribution >= 4 is 17.6 Å². The molecule has 1 rings (SSSR count). The van der Waals surface area contributed by atoms with Crippen LogP contribution >= 0.6 is 11.6 Å². The fraction of sp³-hybridized carbons (Fsp3) is 0.333. The summed E-state index contributed by atoms with van der Waals surface area (Å²) < 4.78 is 17.8. The van der Waals surface area contributed by atoms with E-state index in [9.17, 15) is 9.18 Å². The monoisotopic (exact) mass is 232 g/mol. The van der Waals surface area contributed by atoms with Crippen LogP contribution in [0.3, 0.4) is 0 Å². The zero-order valence-corrected chi connectivity index (χ0v) is 8.79. The van der Waals surface area contributed by atoms with E-state index in [4.69, 9.17) is 17.3 Å². The molecule has 4 nitrogen and oxygen atoms in total. The Hall–Kier alpha value is -1.20. The van der Waals surface area contributed by atoms with Crippen LogP contribution in [-0.4, -0.2) is 24.6 Å². The lowest BCUT2D eigenvalue weighted by atomic mass is 10.0. The molecule has 0 saturated heterocycles. The van der Waals surface area contributed by atoms with Crippen molar-refractivity contribution in [1.82, 2.24) is 4.98 Å². The minimum absolute atomic E-state index is 0.0526. The van der Waals surface area contributed by atoms with Crippen molar-refractivity contribution in [2.75, 3.05) is 13.7 Å². The molecule has 1 aromatic rings. The van der Waals surface area contributed by atoms with E-state index < -0.39 is 17.8 Å². The van der Waals surface area contributed by atoms with E-state index in [1.54, 1.807) is 0 Å². The van der Waals surface area contributed by atoms with Gasteiger partial charge in [0.1, 0.15) is 0 Å². The molecule has 82 valence electrons. The summed E-state index contributed by atoms with van der Waals surface area (Å²) in [7, 11) is 1.21. The third-order valence-electron chi connectivity index (χ3n) is 1.93. The molecule has 0 amide bonds. The lowest BCUT2D eigenvalue weighted by Gasteiger charge is -2.12. The third kappa shape index (κ3) is 2.64. The molecular weight excluding hydrogens is 223 g/mol. The minimum atomic E-state index is -0.874. The SMILES string of the molecule is COC(=O)C(CN)c1cc(Cl)cnc1F. The highest BCUT2D eigenvalue weighted by atomic mass is 35.5. The van der Waals surface area contributed by atoms with Crippen molar-refractivity contribution in [3.8, 4) is 0 Å². The zero-order chi connectivity index (χ0) is 11.4. The molecule has 0 fully saturated rings. The number of carbonyl (C=O) groups is 1. The smallest absolute Gasteiger partial charge is 0.314 e. The fourth-order valence-corrected chi connectivity index (χ4v) is 1.34. The van der Waals surface area contributed by atoms with E-state index >= 15 is 0 Å². The molecule has 1 unspecified atom stereocenters. The summed E-state index contributed by atoms with van der Waals surface area (Å²) in [4.78, 5) is 14.7. The summed E-state index contributed by atoms with van der Waals surface area (Å²) in [5.41, 5.74) is 5.41. The summed E-state index contributed by atoms with van der Waals surface area (Å²) in [6.07, 6.45) is 1.16. The molecule has 1 heterocycles. The lowest BCUT2D eigenvalue weighted by Crippen LogP contribution is -2.24. The largest absolute Gasteiger partial charge is 0.469 e. The third-order valence-corrected chi connectivity index (χ3v) is 2.14. The molecule has 0 saturated carbocycles. The number of methoxy groups -OCH3 is 1. The molecule has 0 aromatic carbocycles. The molecule has 0 radical (unpaired) electrons. The van der Waals surface area contributed by atoms with Crippen molar-refractivity contribution in [3.63, 3.8) is 0 Å². The van der Waals surface area contributed by atoms with E-state index in [0.29, 0.717) is 0 Å².